The molecule has 3 rings (SSSR count). The van der Waals surface area contributed by atoms with Crippen molar-refractivity contribution in [3.05, 3.63) is 35.9 Å². The van der Waals surface area contributed by atoms with Gasteiger partial charge in [0.2, 0.25) is 0 Å². The van der Waals surface area contributed by atoms with E-state index in [2.05, 4.69) is 5.32 Å². The number of carbonyl (C=O) groups is 3. The monoisotopic (exact) mass is 359 g/mol. The van der Waals surface area contributed by atoms with Crippen LogP contribution in [0, 0.1) is 17.8 Å². The molecule has 0 heterocycles. The van der Waals surface area contributed by atoms with E-state index in [1.54, 1.807) is 13.8 Å². The van der Waals surface area contributed by atoms with Crippen molar-refractivity contribution in [1.82, 2.24) is 5.32 Å². The highest BCUT2D eigenvalue weighted by molar-refractivity contribution is 6.03. The van der Waals surface area contributed by atoms with Crippen LogP contribution in [0.2, 0.25) is 0 Å². The Morgan fingerprint density at radius 3 is 2.46 bits per heavy atom. The normalized spacial score (nSPS) is 30.4. The third-order valence-corrected chi connectivity index (χ3v) is 5.39. The van der Waals surface area contributed by atoms with Crippen molar-refractivity contribution in [3.8, 4) is 0 Å². The van der Waals surface area contributed by atoms with Crippen molar-refractivity contribution in [3.63, 3.8) is 0 Å². The van der Waals surface area contributed by atoms with Crippen LogP contribution in [0.15, 0.2) is 30.3 Å². The van der Waals surface area contributed by atoms with E-state index in [1.807, 2.05) is 37.3 Å². The van der Waals surface area contributed by atoms with Gasteiger partial charge in [0.1, 0.15) is 11.3 Å². The van der Waals surface area contributed by atoms with Gasteiger partial charge in [-0.15, -0.1) is 0 Å². The molecule has 6 nitrogen and oxygen atoms in total. The Bertz CT molecular complexity index is 703. The molecule has 2 saturated carbocycles. The lowest BCUT2D eigenvalue weighted by molar-refractivity contribution is -0.155. The molecule has 0 unspecified atom stereocenters. The predicted octanol–water partition coefficient (Wildman–Crippen LogP) is 2.04. The van der Waals surface area contributed by atoms with Crippen LogP contribution in [0.1, 0.15) is 38.8 Å². The van der Waals surface area contributed by atoms with Crippen molar-refractivity contribution >= 4 is 17.7 Å². The van der Waals surface area contributed by atoms with Gasteiger partial charge in [0.15, 0.2) is 0 Å². The smallest absolute Gasteiger partial charge is 0.327 e. The number of nitrogens with one attached hydrogen (secondary N) is 1. The van der Waals surface area contributed by atoms with E-state index in [0.29, 0.717) is 0 Å². The summed E-state index contributed by atoms with van der Waals surface area (Å²) in [6.45, 7) is 5.87. The summed E-state index contributed by atoms with van der Waals surface area (Å²) in [5.74, 6) is -2.35. The fourth-order valence-corrected chi connectivity index (χ4v) is 4.25. The molecule has 2 aliphatic carbocycles. The highest BCUT2D eigenvalue weighted by Gasteiger charge is 2.76. The van der Waals surface area contributed by atoms with E-state index in [-0.39, 0.29) is 31.5 Å². The molecule has 0 spiro atoms. The van der Waals surface area contributed by atoms with Crippen molar-refractivity contribution in [1.29, 1.82) is 0 Å². The van der Waals surface area contributed by atoms with Crippen molar-refractivity contribution in [2.75, 3.05) is 13.2 Å². The van der Waals surface area contributed by atoms with E-state index in [9.17, 15) is 14.4 Å². The number of ketones is 1. The number of esters is 2. The summed E-state index contributed by atoms with van der Waals surface area (Å²) in [6.07, 6.45) is 0.0498. The minimum atomic E-state index is -1.18. The van der Waals surface area contributed by atoms with E-state index in [1.165, 1.54) is 0 Å². The lowest BCUT2D eigenvalue weighted by Gasteiger charge is -2.33. The summed E-state index contributed by atoms with van der Waals surface area (Å²) in [5.41, 5.74) is -0.176. The Labute approximate surface area is 153 Å². The van der Waals surface area contributed by atoms with Crippen molar-refractivity contribution < 1.29 is 23.9 Å². The van der Waals surface area contributed by atoms with Gasteiger partial charge < -0.3 is 9.47 Å². The lowest BCUT2D eigenvalue weighted by Crippen LogP contribution is -2.55. The first-order valence-electron chi connectivity index (χ1n) is 9.15. The molecule has 0 amide bonds. The third kappa shape index (κ3) is 3.03. The third-order valence-electron chi connectivity index (χ3n) is 5.39. The molecular weight excluding hydrogens is 334 g/mol. The number of benzene rings is 1. The van der Waals surface area contributed by atoms with Crippen molar-refractivity contribution in [2.24, 2.45) is 17.8 Å². The van der Waals surface area contributed by atoms with Crippen LogP contribution in [0.4, 0.5) is 0 Å². The maximum absolute atomic E-state index is 12.9. The summed E-state index contributed by atoms with van der Waals surface area (Å²) < 4.78 is 10.4. The number of hydrogen-bond acceptors (Lipinski definition) is 6. The first-order valence-corrected chi connectivity index (χ1v) is 9.15. The second kappa shape index (κ2) is 7.19. The highest BCUT2D eigenvalue weighted by atomic mass is 16.5. The van der Waals surface area contributed by atoms with Gasteiger partial charge in [-0.05, 0) is 26.3 Å². The molecule has 5 atom stereocenters. The van der Waals surface area contributed by atoms with Gasteiger partial charge in [-0.3, -0.25) is 19.7 Å². The Kier molecular flexibility index (Phi) is 5.14. The SMILES string of the molecule is CCOC(=O)[C@H]1[C@@H]2C(=O)C[C@@](N[C@H](C)c3ccccc3)(C(=O)OCC)[C@@H]21. The fourth-order valence-electron chi connectivity index (χ4n) is 4.25. The quantitative estimate of drug-likeness (QED) is 0.750. The Morgan fingerprint density at radius 1 is 1.19 bits per heavy atom. The highest BCUT2D eigenvalue weighted by Crippen LogP contribution is 2.61. The zero-order valence-electron chi connectivity index (χ0n) is 15.4. The Morgan fingerprint density at radius 2 is 1.85 bits per heavy atom. The Hall–Kier alpha value is -2.21. The van der Waals surface area contributed by atoms with Crippen LogP contribution in [0.5, 0.6) is 0 Å². The zero-order valence-corrected chi connectivity index (χ0v) is 15.4. The van der Waals surface area contributed by atoms with E-state index in [0.717, 1.165) is 5.56 Å². The zero-order chi connectivity index (χ0) is 18.9. The topological polar surface area (TPSA) is 81.7 Å². The molecule has 0 aromatic heterocycles. The van der Waals surface area contributed by atoms with Crippen LogP contribution < -0.4 is 5.32 Å². The molecule has 0 saturated heterocycles. The average Bonchev–Trinajstić information content (AvgIpc) is 3.32. The van der Waals surface area contributed by atoms with Crippen LogP contribution in [-0.2, 0) is 23.9 Å². The Balaban J connectivity index is 1.89. The first kappa shape index (κ1) is 18.6. The number of ether oxygens (including phenoxy) is 2. The molecule has 2 aliphatic rings. The van der Waals surface area contributed by atoms with Gasteiger partial charge in [-0.25, -0.2) is 0 Å². The van der Waals surface area contributed by atoms with Gasteiger partial charge in [0.25, 0.3) is 0 Å². The molecule has 1 N–H and O–H groups in total. The van der Waals surface area contributed by atoms with Gasteiger partial charge in [0.05, 0.1) is 19.1 Å². The largest absolute Gasteiger partial charge is 0.466 e. The maximum atomic E-state index is 12.9. The standard InChI is InChI=1S/C20H25NO5/c1-4-25-18(23)16-15-14(22)11-20(17(15)16,19(24)26-5-2)21-12(3)13-9-7-6-8-10-13/h6-10,12,15-17,21H,4-5,11H2,1-3H3/t12-,15+,16+,17+,20+/m1/s1. The number of fused-ring (bicyclic) bond motifs is 1. The predicted molar refractivity (Wildman–Crippen MR) is 94.1 cm³/mol. The second-order valence-corrected chi connectivity index (χ2v) is 6.94. The minimum absolute atomic E-state index is 0.0498. The summed E-state index contributed by atoms with van der Waals surface area (Å²) in [5, 5.41) is 3.34. The molecule has 0 aliphatic heterocycles. The molecule has 26 heavy (non-hydrogen) atoms. The molecule has 140 valence electrons. The molecule has 2 fully saturated rings. The molecule has 6 heteroatoms. The fraction of sp³-hybridized carbons (Fsp3) is 0.550. The number of rotatable bonds is 7. The van der Waals surface area contributed by atoms with Crippen LogP contribution in [0.3, 0.4) is 0 Å². The summed E-state index contributed by atoms with van der Waals surface area (Å²) in [4.78, 5) is 37.6. The van der Waals surface area contributed by atoms with E-state index in [4.69, 9.17) is 9.47 Å². The molecule has 0 bridgehead atoms. The second-order valence-electron chi connectivity index (χ2n) is 6.94. The summed E-state index contributed by atoms with van der Waals surface area (Å²) >= 11 is 0. The number of carbonyl (C=O) groups excluding carboxylic acids is 3. The van der Waals surface area contributed by atoms with Gasteiger partial charge in [-0.1, -0.05) is 30.3 Å². The van der Waals surface area contributed by atoms with E-state index >= 15 is 0 Å². The molecular formula is C20H25NO5. The van der Waals surface area contributed by atoms with Crippen LogP contribution in [0.25, 0.3) is 0 Å². The molecule has 1 aromatic rings. The number of Topliss-reactive ketones (excluding diaryl/α,β-unsaturated/α-hetero) is 1. The van der Waals surface area contributed by atoms with Gasteiger partial charge in [0, 0.05) is 24.3 Å². The van der Waals surface area contributed by atoms with Crippen LogP contribution >= 0.6 is 0 Å². The van der Waals surface area contributed by atoms with Gasteiger partial charge in [-0.2, -0.15) is 0 Å². The van der Waals surface area contributed by atoms with Crippen molar-refractivity contribution in [2.45, 2.75) is 38.8 Å². The van der Waals surface area contributed by atoms with Gasteiger partial charge >= 0.3 is 11.9 Å². The van der Waals surface area contributed by atoms with E-state index < -0.39 is 35.2 Å². The minimum Gasteiger partial charge on any atom is -0.466 e. The first-order chi connectivity index (χ1) is 12.5. The summed E-state index contributed by atoms with van der Waals surface area (Å²) in [7, 11) is 0. The molecule has 1 aromatic carbocycles. The number of hydrogen-bond donors (Lipinski definition) is 1. The average molecular weight is 359 g/mol. The summed E-state index contributed by atoms with van der Waals surface area (Å²) in [6, 6.07) is 9.51. The molecule has 0 radical (unpaired) electrons. The maximum Gasteiger partial charge on any atom is 0.327 e. The lowest BCUT2D eigenvalue weighted by atomic mass is 9.88. The van der Waals surface area contributed by atoms with Crippen LogP contribution in [-0.4, -0.2) is 36.5 Å².